The Hall–Kier alpha value is -1.43. The molecule has 1 aromatic carbocycles. The molecule has 0 saturated heterocycles. The molecule has 0 bridgehead atoms. The summed E-state index contributed by atoms with van der Waals surface area (Å²) in [6, 6.07) is 7.50. The molecule has 5 nitrogen and oxygen atoms in total. The fourth-order valence-corrected chi connectivity index (χ4v) is 1.62. The summed E-state index contributed by atoms with van der Waals surface area (Å²) in [4.78, 5) is 0. The predicted octanol–water partition coefficient (Wildman–Crippen LogP) is 1.54. The molecule has 106 valence electrons. The summed E-state index contributed by atoms with van der Waals surface area (Å²) < 4.78 is 15.8. The minimum absolute atomic E-state index is 0.0648. The first-order chi connectivity index (χ1) is 9.25. The van der Waals surface area contributed by atoms with Gasteiger partial charge in [-0.3, -0.25) is 5.41 Å². The third-order valence-electron chi connectivity index (χ3n) is 2.57. The Morgan fingerprint density at radius 2 is 1.84 bits per heavy atom. The molecule has 0 aromatic heterocycles. The van der Waals surface area contributed by atoms with Gasteiger partial charge in [0, 0.05) is 25.9 Å². The first-order valence-electron chi connectivity index (χ1n) is 6.32. The van der Waals surface area contributed by atoms with E-state index in [1.165, 1.54) is 0 Å². The Morgan fingerprint density at radius 3 is 2.58 bits per heavy atom. The minimum atomic E-state index is 0.0648. The van der Waals surface area contributed by atoms with Crippen molar-refractivity contribution in [3.8, 4) is 0 Å². The second-order valence-electron chi connectivity index (χ2n) is 4.08. The Labute approximate surface area is 114 Å². The average Bonchev–Trinajstić information content (AvgIpc) is 2.42. The van der Waals surface area contributed by atoms with E-state index in [0.29, 0.717) is 33.0 Å². The van der Waals surface area contributed by atoms with E-state index in [2.05, 4.69) is 0 Å². The number of amidine groups is 1. The molecule has 0 amide bonds. The first kappa shape index (κ1) is 15.6. The van der Waals surface area contributed by atoms with Gasteiger partial charge in [-0.1, -0.05) is 24.3 Å². The highest BCUT2D eigenvalue weighted by atomic mass is 16.5. The molecule has 0 fully saturated rings. The van der Waals surface area contributed by atoms with Crippen LogP contribution in [0.15, 0.2) is 24.3 Å². The molecule has 0 atom stereocenters. The van der Waals surface area contributed by atoms with Crippen molar-refractivity contribution in [1.29, 1.82) is 5.41 Å². The highest BCUT2D eigenvalue weighted by Crippen LogP contribution is 2.09. The molecule has 0 saturated carbocycles. The molecule has 0 aliphatic rings. The second kappa shape index (κ2) is 9.49. The molecular formula is C14H22N2O3. The van der Waals surface area contributed by atoms with Crippen molar-refractivity contribution in [3.05, 3.63) is 35.4 Å². The molecule has 1 aromatic rings. The van der Waals surface area contributed by atoms with Gasteiger partial charge in [-0.05, 0) is 12.0 Å². The molecule has 0 aliphatic heterocycles. The predicted molar refractivity (Wildman–Crippen MR) is 74.4 cm³/mol. The lowest BCUT2D eigenvalue weighted by molar-refractivity contribution is 0.0336. The number of ether oxygens (including phenoxy) is 3. The number of methoxy groups -OCH3 is 1. The Kier molecular flexibility index (Phi) is 7.81. The quantitative estimate of drug-likeness (QED) is 0.382. The van der Waals surface area contributed by atoms with Gasteiger partial charge >= 0.3 is 0 Å². The monoisotopic (exact) mass is 266 g/mol. The lowest BCUT2D eigenvalue weighted by atomic mass is 10.1. The fraction of sp³-hybridized carbons (Fsp3) is 0.500. The van der Waals surface area contributed by atoms with E-state index in [0.717, 1.165) is 17.5 Å². The van der Waals surface area contributed by atoms with E-state index in [1.807, 2.05) is 24.3 Å². The van der Waals surface area contributed by atoms with Crippen LogP contribution in [0.1, 0.15) is 17.5 Å². The maximum Gasteiger partial charge on any atom is 0.123 e. The van der Waals surface area contributed by atoms with Gasteiger partial charge in [-0.2, -0.15) is 0 Å². The topological polar surface area (TPSA) is 77.6 Å². The molecule has 0 spiro atoms. The zero-order valence-electron chi connectivity index (χ0n) is 11.4. The summed E-state index contributed by atoms with van der Waals surface area (Å²) in [5, 5.41) is 7.47. The van der Waals surface area contributed by atoms with E-state index in [9.17, 15) is 0 Å². The van der Waals surface area contributed by atoms with Crippen LogP contribution in [-0.2, 0) is 20.8 Å². The Bertz CT molecular complexity index is 383. The summed E-state index contributed by atoms with van der Waals surface area (Å²) in [5.74, 6) is 0.0648. The fourth-order valence-electron chi connectivity index (χ4n) is 1.62. The van der Waals surface area contributed by atoms with Crippen LogP contribution < -0.4 is 5.73 Å². The third kappa shape index (κ3) is 6.33. The lowest BCUT2D eigenvalue weighted by Gasteiger charge is -2.09. The SMILES string of the molecule is COCCCOCCOCc1ccccc1C(=N)N. The highest BCUT2D eigenvalue weighted by Gasteiger charge is 2.03. The maximum absolute atomic E-state index is 7.47. The van der Waals surface area contributed by atoms with Crippen LogP contribution >= 0.6 is 0 Å². The molecule has 19 heavy (non-hydrogen) atoms. The van der Waals surface area contributed by atoms with E-state index in [4.69, 9.17) is 25.4 Å². The molecule has 1 rings (SSSR count). The number of rotatable bonds is 10. The molecule has 0 heterocycles. The van der Waals surface area contributed by atoms with E-state index in [-0.39, 0.29) is 5.84 Å². The molecule has 0 unspecified atom stereocenters. The Morgan fingerprint density at radius 1 is 1.11 bits per heavy atom. The van der Waals surface area contributed by atoms with Crippen LogP contribution in [0, 0.1) is 5.41 Å². The van der Waals surface area contributed by atoms with E-state index >= 15 is 0 Å². The summed E-state index contributed by atoms with van der Waals surface area (Å²) in [5.41, 5.74) is 7.16. The minimum Gasteiger partial charge on any atom is -0.385 e. The smallest absolute Gasteiger partial charge is 0.123 e. The van der Waals surface area contributed by atoms with Gasteiger partial charge in [-0.15, -0.1) is 0 Å². The summed E-state index contributed by atoms with van der Waals surface area (Å²) >= 11 is 0. The van der Waals surface area contributed by atoms with Crippen LogP contribution in [0.25, 0.3) is 0 Å². The van der Waals surface area contributed by atoms with Crippen LogP contribution in [0.5, 0.6) is 0 Å². The number of nitrogen functional groups attached to an aromatic ring is 1. The molecule has 3 N–H and O–H groups in total. The molecule has 0 radical (unpaired) electrons. The van der Waals surface area contributed by atoms with Crippen LogP contribution in [0.4, 0.5) is 0 Å². The summed E-state index contributed by atoms with van der Waals surface area (Å²) in [6.45, 7) is 2.93. The van der Waals surface area contributed by atoms with Gasteiger partial charge in [0.2, 0.25) is 0 Å². The van der Waals surface area contributed by atoms with Gasteiger partial charge in [0.1, 0.15) is 5.84 Å². The van der Waals surface area contributed by atoms with Crippen molar-refractivity contribution < 1.29 is 14.2 Å². The maximum atomic E-state index is 7.47. The first-order valence-corrected chi connectivity index (χ1v) is 6.32. The van der Waals surface area contributed by atoms with Gasteiger partial charge in [0.25, 0.3) is 0 Å². The van der Waals surface area contributed by atoms with E-state index in [1.54, 1.807) is 7.11 Å². The normalized spacial score (nSPS) is 10.6. The van der Waals surface area contributed by atoms with Gasteiger partial charge in [-0.25, -0.2) is 0 Å². The van der Waals surface area contributed by atoms with Crippen molar-refractivity contribution in [1.82, 2.24) is 0 Å². The standard InChI is InChI=1S/C14H22N2O3/c1-17-7-4-8-18-9-10-19-11-12-5-2-3-6-13(12)14(15)16/h2-3,5-6H,4,7-11H2,1H3,(H3,15,16). The second-order valence-corrected chi connectivity index (χ2v) is 4.08. The number of hydrogen-bond donors (Lipinski definition) is 2. The summed E-state index contributed by atoms with van der Waals surface area (Å²) in [7, 11) is 1.68. The van der Waals surface area contributed by atoms with Crippen molar-refractivity contribution in [3.63, 3.8) is 0 Å². The van der Waals surface area contributed by atoms with E-state index < -0.39 is 0 Å². The van der Waals surface area contributed by atoms with Gasteiger partial charge in [0.05, 0.1) is 19.8 Å². The zero-order valence-corrected chi connectivity index (χ0v) is 11.4. The molecule has 0 aliphatic carbocycles. The van der Waals surface area contributed by atoms with Gasteiger partial charge in [0.15, 0.2) is 0 Å². The van der Waals surface area contributed by atoms with Crippen LogP contribution in [-0.4, -0.2) is 39.4 Å². The van der Waals surface area contributed by atoms with Crippen molar-refractivity contribution in [2.75, 3.05) is 33.5 Å². The molecular weight excluding hydrogens is 244 g/mol. The number of nitrogens with one attached hydrogen (secondary N) is 1. The van der Waals surface area contributed by atoms with Crippen molar-refractivity contribution in [2.45, 2.75) is 13.0 Å². The Balaban J connectivity index is 2.17. The molecule has 5 heteroatoms. The number of benzene rings is 1. The van der Waals surface area contributed by atoms with Crippen molar-refractivity contribution >= 4 is 5.84 Å². The number of hydrogen-bond acceptors (Lipinski definition) is 4. The van der Waals surface area contributed by atoms with Crippen LogP contribution in [0.3, 0.4) is 0 Å². The lowest BCUT2D eigenvalue weighted by Crippen LogP contribution is -2.14. The third-order valence-corrected chi connectivity index (χ3v) is 2.57. The van der Waals surface area contributed by atoms with Crippen LogP contribution in [0.2, 0.25) is 0 Å². The van der Waals surface area contributed by atoms with Crippen molar-refractivity contribution in [2.24, 2.45) is 5.73 Å². The zero-order chi connectivity index (χ0) is 13.9. The number of nitrogens with two attached hydrogens (primary N) is 1. The highest BCUT2D eigenvalue weighted by molar-refractivity contribution is 5.96. The largest absolute Gasteiger partial charge is 0.385 e. The summed E-state index contributed by atoms with van der Waals surface area (Å²) in [6.07, 6.45) is 0.893. The van der Waals surface area contributed by atoms with Gasteiger partial charge < -0.3 is 19.9 Å². The average molecular weight is 266 g/mol.